The smallest absolute Gasteiger partial charge is 0.261 e. The Balaban J connectivity index is 1.66. The molecule has 0 aliphatic rings. The minimum absolute atomic E-state index is 0.0477. The normalized spacial score (nSPS) is 12.0. The first kappa shape index (κ1) is 19.3. The molecule has 0 radical (unpaired) electrons. The van der Waals surface area contributed by atoms with Crippen molar-refractivity contribution in [2.24, 2.45) is 0 Å². The maximum atomic E-state index is 12.6. The Morgan fingerprint density at radius 2 is 1.71 bits per heavy atom. The molecule has 1 atom stereocenters. The summed E-state index contributed by atoms with van der Waals surface area (Å²) in [7, 11) is 0. The molecular weight excluding hydrogens is 360 g/mol. The summed E-state index contributed by atoms with van der Waals surface area (Å²) in [6.45, 7) is 7.34. The lowest BCUT2D eigenvalue weighted by Gasteiger charge is -2.12. The number of nitrogens with one attached hydrogen (secondary N) is 2. The van der Waals surface area contributed by atoms with E-state index in [2.05, 4.69) is 25.9 Å². The van der Waals surface area contributed by atoms with Crippen molar-refractivity contribution >= 4 is 23.2 Å². The van der Waals surface area contributed by atoms with Crippen LogP contribution in [0.3, 0.4) is 0 Å². The van der Waals surface area contributed by atoms with Crippen molar-refractivity contribution in [1.82, 2.24) is 19.9 Å². The quantitative estimate of drug-likeness (QED) is 0.677. The maximum Gasteiger partial charge on any atom is 0.261 e. The average molecular weight is 382 g/mol. The Labute approximate surface area is 162 Å². The second-order valence-electron chi connectivity index (χ2n) is 6.73. The highest BCUT2D eigenvalue weighted by molar-refractivity contribution is 6.06. The van der Waals surface area contributed by atoms with Crippen molar-refractivity contribution in [2.45, 2.75) is 39.7 Å². The number of hydrogen-bond donors (Lipinski definition) is 2. The molecule has 0 spiro atoms. The van der Waals surface area contributed by atoms with Gasteiger partial charge in [-0.25, -0.2) is 9.67 Å². The van der Waals surface area contributed by atoms with E-state index in [1.165, 1.54) is 17.3 Å². The van der Waals surface area contributed by atoms with Gasteiger partial charge < -0.3 is 15.2 Å². The van der Waals surface area contributed by atoms with E-state index in [1.807, 2.05) is 13.8 Å². The Morgan fingerprint density at radius 3 is 2.29 bits per heavy atom. The predicted molar refractivity (Wildman–Crippen MR) is 103 cm³/mol. The Kier molecular flexibility index (Phi) is 5.53. The first-order valence-corrected chi connectivity index (χ1v) is 8.89. The molecule has 146 valence electrons. The fourth-order valence-electron chi connectivity index (χ4n) is 2.67. The van der Waals surface area contributed by atoms with E-state index in [1.54, 1.807) is 38.1 Å². The number of aryl methyl sites for hydroxylation is 1. The van der Waals surface area contributed by atoms with Crippen molar-refractivity contribution in [3.8, 4) is 0 Å². The zero-order chi connectivity index (χ0) is 20.3. The summed E-state index contributed by atoms with van der Waals surface area (Å²) in [5.74, 6) is 0.107. The number of rotatable bonds is 6. The van der Waals surface area contributed by atoms with Crippen LogP contribution < -0.4 is 10.6 Å². The van der Waals surface area contributed by atoms with Gasteiger partial charge in [-0.2, -0.15) is 5.10 Å². The van der Waals surface area contributed by atoms with Crippen LogP contribution in [-0.2, 0) is 4.79 Å². The Morgan fingerprint density at radius 1 is 1.07 bits per heavy atom. The molecule has 0 bridgehead atoms. The summed E-state index contributed by atoms with van der Waals surface area (Å²) in [5.41, 5.74) is 2.21. The lowest BCUT2D eigenvalue weighted by Crippen LogP contribution is -2.24. The molecule has 9 heteroatoms. The van der Waals surface area contributed by atoms with Gasteiger partial charge in [-0.15, -0.1) is 0 Å². The van der Waals surface area contributed by atoms with Crippen LogP contribution in [-0.4, -0.2) is 31.7 Å². The summed E-state index contributed by atoms with van der Waals surface area (Å²) in [6.07, 6.45) is 2.87. The number of anilines is 2. The predicted octanol–water partition coefficient (Wildman–Crippen LogP) is 3.15. The maximum absolute atomic E-state index is 12.6. The molecule has 2 N–H and O–H groups in total. The summed E-state index contributed by atoms with van der Waals surface area (Å²) in [4.78, 5) is 28.7. The molecule has 28 heavy (non-hydrogen) atoms. The van der Waals surface area contributed by atoms with Crippen LogP contribution in [0.5, 0.6) is 0 Å². The van der Waals surface area contributed by atoms with E-state index in [4.69, 9.17) is 4.52 Å². The SMILES string of the molecule is Cc1noc(C(C)C)c1C(=O)Nc1ccc(NC(=O)C(C)n2cncn2)cc1. The topological polar surface area (TPSA) is 115 Å². The molecular formula is C19H22N6O3. The monoisotopic (exact) mass is 382 g/mol. The lowest BCUT2D eigenvalue weighted by atomic mass is 10.0. The van der Waals surface area contributed by atoms with Gasteiger partial charge in [0, 0.05) is 17.3 Å². The molecule has 2 heterocycles. The van der Waals surface area contributed by atoms with Crippen LogP contribution in [0.2, 0.25) is 0 Å². The third kappa shape index (κ3) is 4.08. The summed E-state index contributed by atoms with van der Waals surface area (Å²) in [5, 5.41) is 13.5. The highest BCUT2D eigenvalue weighted by Crippen LogP contribution is 2.24. The molecule has 0 aliphatic carbocycles. The molecule has 3 aromatic rings. The fourth-order valence-corrected chi connectivity index (χ4v) is 2.67. The van der Waals surface area contributed by atoms with E-state index >= 15 is 0 Å². The van der Waals surface area contributed by atoms with Gasteiger partial charge in [0.2, 0.25) is 5.91 Å². The van der Waals surface area contributed by atoms with E-state index in [-0.39, 0.29) is 17.7 Å². The van der Waals surface area contributed by atoms with Gasteiger partial charge in [0.15, 0.2) is 5.76 Å². The molecule has 0 fully saturated rings. The number of benzene rings is 1. The molecule has 0 saturated carbocycles. The molecule has 0 aliphatic heterocycles. The van der Waals surface area contributed by atoms with Crippen LogP contribution in [0.4, 0.5) is 11.4 Å². The number of hydrogen-bond acceptors (Lipinski definition) is 6. The Hall–Kier alpha value is -3.49. The summed E-state index contributed by atoms with van der Waals surface area (Å²) >= 11 is 0. The fraction of sp³-hybridized carbons (Fsp3) is 0.316. The molecule has 3 rings (SSSR count). The lowest BCUT2D eigenvalue weighted by molar-refractivity contribution is -0.119. The molecule has 1 aromatic carbocycles. The first-order valence-electron chi connectivity index (χ1n) is 8.89. The van der Waals surface area contributed by atoms with Gasteiger partial charge in [-0.05, 0) is 38.1 Å². The highest BCUT2D eigenvalue weighted by Gasteiger charge is 2.22. The molecule has 1 unspecified atom stereocenters. The minimum atomic E-state index is -0.493. The summed E-state index contributed by atoms with van der Waals surface area (Å²) in [6, 6.07) is 6.36. The standard InChI is InChI=1S/C19H22N6O3/c1-11(2)17-16(12(3)24-28-17)19(27)23-15-7-5-14(6-8-15)22-18(26)13(4)25-10-20-9-21-25/h5-11,13H,1-4H3,(H,22,26)(H,23,27). The van der Waals surface area contributed by atoms with E-state index in [9.17, 15) is 9.59 Å². The van der Waals surface area contributed by atoms with Crippen molar-refractivity contribution in [3.63, 3.8) is 0 Å². The second-order valence-corrected chi connectivity index (χ2v) is 6.73. The van der Waals surface area contributed by atoms with Crippen molar-refractivity contribution < 1.29 is 14.1 Å². The second kappa shape index (κ2) is 8.03. The molecule has 0 saturated heterocycles. The molecule has 2 aromatic heterocycles. The summed E-state index contributed by atoms with van der Waals surface area (Å²) < 4.78 is 6.73. The largest absolute Gasteiger partial charge is 0.360 e. The third-order valence-electron chi connectivity index (χ3n) is 4.26. The van der Waals surface area contributed by atoms with Crippen LogP contribution in [0.1, 0.15) is 54.5 Å². The van der Waals surface area contributed by atoms with E-state index in [0.29, 0.717) is 28.4 Å². The number of nitrogens with zero attached hydrogens (tertiary/aromatic N) is 4. The van der Waals surface area contributed by atoms with E-state index < -0.39 is 6.04 Å². The van der Waals surface area contributed by atoms with Gasteiger partial charge in [-0.3, -0.25) is 9.59 Å². The zero-order valence-electron chi connectivity index (χ0n) is 16.1. The van der Waals surface area contributed by atoms with Gasteiger partial charge in [0.25, 0.3) is 5.91 Å². The number of carbonyl (C=O) groups is 2. The highest BCUT2D eigenvalue weighted by atomic mass is 16.5. The zero-order valence-corrected chi connectivity index (χ0v) is 16.1. The number of amides is 2. The van der Waals surface area contributed by atoms with Gasteiger partial charge in [0.1, 0.15) is 24.3 Å². The molecule has 9 nitrogen and oxygen atoms in total. The van der Waals surface area contributed by atoms with Crippen LogP contribution >= 0.6 is 0 Å². The van der Waals surface area contributed by atoms with Crippen LogP contribution in [0.25, 0.3) is 0 Å². The first-order chi connectivity index (χ1) is 13.4. The van der Waals surface area contributed by atoms with E-state index in [0.717, 1.165) is 0 Å². The Bertz CT molecular complexity index is 960. The van der Waals surface area contributed by atoms with Gasteiger partial charge >= 0.3 is 0 Å². The van der Waals surface area contributed by atoms with Gasteiger partial charge in [-0.1, -0.05) is 19.0 Å². The van der Waals surface area contributed by atoms with Crippen molar-refractivity contribution in [1.29, 1.82) is 0 Å². The van der Waals surface area contributed by atoms with Crippen LogP contribution in [0.15, 0.2) is 41.4 Å². The van der Waals surface area contributed by atoms with Gasteiger partial charge in [0.05, 0.1) is 5.69 Å². The number of aromatic nitrogens is 4. The third-order valence-corrected chi connectivity index (χ3v) is 4.26. The van der Waals surface area contributed by atoms with Crippen LogP contribution in [0, 0.1) is 6.92 Å². The minimum Gasteiger partial charge on any atom is -0.360 e. The number of carbonyl (C=O) groups excluding carboxylic acids is 2. The average Bonchev–Trinajstić information content (AvgIpc) is 3.32. The molecule has 2 amide bonds. The van der Waals surface area contributed by atoms with Crippen molar-refractivity contribution in [3.05, 3.63) is 53.9 Å². The van der Waals surface area contributed by atoms with Crippen molar-refractivity contribution in [2.75, 3.05) is 10.6 Å².